The molecule has 0 unspecified atom stereocenters. The van der Waals surface area contributed by atoms with Crippen molar-refractivity contribution in [3.63, 3.8) is 0 Å². The van der Waals surface area contributed by atoms with Crippen molar-refractivity contribution in [3.8, 4) is 0 Å². The number of nitrogens with one attached hydrogen (secondary N) is 1. The Morgan fingerprint density at radius 1 is 1.16 bits per heavy atom. The maximum absolute atomic E-state index is 12.6. The fourth-order valence-electron chi connectivity index (χ4n) is 2.17. The zero-order valence-electron chi connectivity index (χ0n) is 14.3. The number of carbonyl (C=O) groups is 3. The lowest BCUT2D eigenvalue weighted by molar-refractivity contribution is 0.0587. The Morgan fingerprint density at radius 3 is 2.40 bits per heavy atom. The lowest BCUT2D eigenvalue weighted by atomic mass is 10.1. The number of aryl methyl sites for hydroxylation is 2. The first-order valence-corrected chi connectivity index (χ1v) is 8.31. The predicted molar refractivity (Wildman–Crippen MR) is 93.3 cm³/mol. The molecule has 1 aromatic carbocycles. The van der Waals surface area contributed by atoms with E-state index in [-0.39, 0.29) is 16.8 Å². The van der Waals surface area contributed by atoms with Gasteiger partial charge in [-0.1, -0.05) is 6.92 Å². The maximum atomic E-state index is 12.6. The van der Waals surface area contributed by atoms with Crippen LogP contribution in [0.3, 0.4) is 0 Å². The summed E-state index contributed by atoms with van der Waals surface area (Å²) in [4.78, 5) is 41.0. The first-order valence-electron chi connectivity index (χ1n) is 7.49. The van der Waals surface area contributed by atoms with E-state index in [0.29, 0.717) is 10.6 Å². The third kappa shape index (κ3) is 4.03. The lowest BCUT2D eigenvalue weighted by Gasteiger charge is -2.11. The van der Waals surface area contributed by atoms with Crippen LogP contribution in [0, 0.1) is 6.92 Å². The number of esters is 2. The normalized spacial score (nSPS) is 10.2. The average Bonchev–Trinajstić information content (AvgIpc) is 3.01. The molecule has 2 rings (SSSR count). The quantitative estimate of drug-likeness (QED) is 0.822. The van der Waals surface area contributed by atoms with E-state index in [1.54, 1.807) is 6.92 Å². The molecule has 0 aliphatic rings. The minimum absolute atomic E-state index is 0.140. The molecule has 1 heterocycles. The van der Waals surface area contributed by atoms with Gasteiger partial charge in [-0.25, -0.2) is 14.6 Å². The monoisotopic (exact) mass is 362 g/mol. The number of carbonyl (C=O) groups excluding carboxylic acids is 3. The van der Waals surface area contributed by atoms with E-state index < -0.39 is 17.8 Å². The molecule has 132 valence electrons. The summed E-state index contributed by atoms with van der Waals surface area (Å²) in [6.45, 7) is 3.70. The van der Waals surface area contributed by atoms with Gasteiger partial charge < -0.3 is 14.8 Å². The van der Waals surface area contributed by atoms with Crippen molar-refractivity contribution < 1.29 is 23.9 Å². The van der Waals surface area contributed by atoms with Crippen LogP contribution < -0.4 is 5.32 Å². The summed E-state index contributed by atoms with van der Waals surface area (Å²) in [6.07, 6.45) is 0.726. The van der Waals surface area contributed by atoms with Crippen LogP contribution in [0.1, 0.15) is 48.0 Å². The maximum Gasteiger partial charge on any atom is 0.339 e. The number of hydrogen-bond acceptors (Lipinski definition) is 7. The second kappa shape index (κ2) is 7.89. The van der Waals surface area contributed by atoms with Crippen LogP contribution >= 0.6 is 11.3 Å². The third-order valence-electron chi connectivity index (χ3n) is 3.44. The summed E-state index contributed by atoms with van der Waals surface area (Å²) in [5, 5.41) is 3.51. The summed E-state index contributed by atoms with van der Waals surface area (Å²) in [5.41, 5.74) is 1.14. The first kappa shape index (κ1) is 18.6. The van der Waals surface area contributed by atoms with Crippen molar-refractivity contribution in [1.29, 1.82) is 0 Å². The SMILES string of the molecule is CCc1nc(C)c(C(=O)Nc2cc(C(=O)OC)ccc2C(=O)OC)s1. The molecule has 0 saturated carbocycles. The van der Waals surface area contributed by atoms with Crippen molar-refractivity contribution >= 4 is 34.9 Å². The summed E-state index contributed by atoms with van der Waals surface area (Å²) < 4.78 is 9.39. The Balaban J connectivity index is 2.40. The Kier molecular flexibility index (Phi) is 5.87. The molecule has 25 heavy (non-hydrogen) atoms. The Bertz CT molecular complexity index is 828. The number of amides is 1. The minimum atomic E-state index is -0.623. The van der Waals surface area contributed by atoms with Gasteiger partial charge in [0.25, 0.3) is 5.91 Å². The summed E-state index contributed by atoms with van der Waals surface area (Å²) in [6, 6.07) is 4.22. The van der Waals surface area contributed by atoms with Crippen LogP contribution in [-0.4, -0.2) is 37.0 Å². The Hall–Kier alpha value is -2.74. The van der Waals surface area contributed by atoms with E-state index >= 15 is 0 Å². The van der Waals surface area contributed by atoms with Crippen LogP contribution in [0.25, 0.3) is 0 Å². The van der Waals surface area contributed by atoms with E-state index in [1.807, 2.05) is 6.92 Å². The van der Waals surface area contributed by atoms with E-state index in [1.165, 1.54) is 43.8 Å². The predicted octanol–water partition coefficient (Wildman–Crippen LogP) is 2.84. The lowest BCUT2D eigenvalue weighted by Crippen LogP contribution is -2.16. The molecule has 0 aliphatic heterocycles. The molecule has 8 heteroatoms. The van der Waals surface area contributed by atoms with Gasteiger partial charge in [-0.3, -0.25) is 4.79 Å². The number of rotatable bonds is 5. The molecule has 0 bridgehead atoms. The topological polar surface area (TPSA) is 94.6 Å². The number of hydrogen-bond donors (Lipinski definition) is 1. The molecule has 0 aliphatic carbocycles. The highest BCUT2D eigenvalue weighted by Crippen LogP contribution is 2.24. The number of anilines is 1. The fourth-order valence-corrected chi connectivity index (χ4v) is 3.07. The summed E-state index contributed by atoms with van der Waals surface area (Å²) >= 11 is 1.29. The molecule has 0 spiro atoms. The van der Waals surface area contributed by atoms with Gasteiger partial charge in [0.05, 0.1) is 41.7 Å². The van der Waals surface area contributed by atoms with Crippen molar-refractivity contribution in [2.75, 3.05) is 19.5 Å². The zero-order chi connectivity index (χ0) is 18.6. The molecular weight excluding hydrogens is 344 g/mol. The number of thiazole rings is 1. The van der Waals surface area contributed by atoms with Gasteiger partial charge in [-0.2, -0.15) is 0 Å². The van der Waals surface area contributed by atoms with Crippen LogP contribution in [0.2, 0.25) is 0 Å². The highest BCUT2D eigenvalue weighted by molar-refractivity contribution is 7.13. The van der Waals surface area contributed by atoms with Gasteiger partial charge in [0, 0.05) is 0 Å². The number of aromatic nitrogens is 1. The Labute approximate surface area is 149 Å². The molecule has 0 fully saturated rings. The fraction of sp³-hybridized carbons (Fsp3) is 0.294. The van der Waals surface area contributed by atoms with Crippen LogP contribution in [-0.2, 0) is 15.9 Å². The largest absolute Gasteiger partial charge is 0.465 e. The summed E-state index contributed by atoms with van der Waals surface area (Å²) in [5.74, 6) is -1.60. The zero-order valence-corrected chi connectivity index (χ0v) is 15.2. The average molecular weight is 362 g/mol. The number of ether oxygens (including phenoxy) is 2. The van der Waals surface area contributed by atoms with E-state index in [2.05, 4.69) is 15.0 Å². The van der Waals surface area contributed by atoms with Gasteiger partial charge in [0.2, 0.25) is 0 Å². The molecule has 0 atom stereocenters. The second-order valence-electron chi connectivity index (χ2n) is 5.07. The van der Waals surface area contributed by atoms with Gasteiger partial charge in [-0.05, 0) is 31.5 Å². The van der Waals surface area contributed by atoms with Crippen LogP contribution in [0.5, 0.6) is 0 Å². The molecule has 0 saturated heterocycles. The van der Waals surface area contributed by atoms with Crippen molar-refractivity contribution in [2.45, 2.75) is 20.3 Å². The Morgan fingerprint density at radius 2 is 1.84 bits per heavy atom. The smallest absolute Gasteiger partial charge is 0.339 e. The van der Waals surface area contributed by atoms with Crippen molar-refractivity contribution in [1.82, 2.24) is 4.98 Å². The van der Waals surface area contributed by atoms with Gasteiger partial charge in [0.15, 0.2) is 0 Å². The van der Waals surface area contributed by atoms with E-state index in [4.69, 9.17) is 4.74 Å². The van der Waals surface area contributed by atoms with Gasteiger partial charge >= 0.3 is 11.9 Å². The van der Waals surface area contributed by atoms with E-state index in [0.717, 1.165) is 11.4 Å². The molecular formula is C17H18N2O5S. The van der Waals surface area contributed by atoms with Crippen LogP contribution in [0.4, 0.5) is 5.69 Å². The van der Waals surface area contributed by atoms with Crippen LogP contribution in [0.15, 0.2) is 18.2 Å². The van der Waals surface area contributed by atoms with Gasteiger partial charge in [-0.15, -0.1) is 11.3 Å². The second-order valence-corrected chi connectivity index (χ2v) is 6.16. The first-order chi connectivity index (χ1) is 11.9. The molecule has 2 aromatic rings. The minimum Gasteiger partial charge on any atom is -0.465 e. The highest BCUT2D eigenvalue weighted by atomic mass is 32.1. The standard InChI is InChI=1S/C17H18N2O5S/c1-5-13-18-9(2)14(25-13)15(20)19-12-8-10(16(21)23-3)6-7-11(12)17(22)24-4/h6-8H,5H2,1-4H3,(H,19,20). The molecule has 1 amide bonds. The molecule has 1 aromatic heterocycles. The number of methoxy groups -OCH3 is 2. The van der Waals surface area contributed by atoms with Crippen molar-refractivity contribution in [2.24, 2.45) is 0 Å². The van der Waals surface area contributed by atoms with Crippen molar-refractivity contribution in [3.05, 3.63) is 44.9 Å². The molecule has 1 N–H and O–H groups in total. The van der Waals surface area contributed by atoms with E-state index in [9.17, 15) is 14.4 Å². The number of benzene rings is 1. The third-order valence-corrected chi connectivity index (χ3v) is 4.74. The highest BCUT2D eigenvalue weighted by Gasteiger charge is 2.20. The van der Waals surface area contributed by atoms with Gasteiger partial charge in [0.1, 0.15) is 4.88 Å². The summed E-state index contributed by atoms with van der Waals surface area (Å²) in [7, 11) is 2.49. The number of nitrogens with zero attached hydrogens (tertiary/aromatic N) is 1. The molecule has 7 nitrogen and oxygen atoms in total. The molecule has 0 radical (unpaired) electrons.